The van der Waals surface area contributed by atoms with Crippen molar-refractivity contribution < 1.29 is 29.5 Å². The molecule has 1 aliphatic heterocycles. The molecule has 2 atom stereocenters. The third-order valence-electron chi connectivity index (χ3n) is 6.33. The second-order valence-electron chi connectivity index (χ2n) is 8.63. The summed E-state index contributed by atoms with van der Waals surface area (Å²) in [6, 6.07) is 22.9. The fraction of sp³-hybridized carbons (Fsp3) is 0.133. The fourth-order valence-electron chi connectivity index (χ4n) is 4.60. The first-order chi connectivity index (χ1) is 17.4. The molecule has 5 rings (SSSR count). The minimum absolute atomic E-state index is 0.0902. The topological polar surface area (TPSA) is 88.4 Å². The van der Waals surface area contributed by atoms with Gasteiger partial charge in [0.05, 0.1) is 20.1 Å². The summed E-state index contributed by atoms with van der Waals surface area (Å²) in [6.07, 6.45) is 3.43. The monoisotopic (exact) mass is 482 g/mol. The van der Waals surface area contributed by atoms with Crippen LogP contribution in [0.2, 0.25) is 0 Å². The Morgan fingerprint density at radius 1 is 0.667 bits per heavy atom. The van der Waals surface area contributed by atoms with Crippen LogP contribution < -0.4 is 14.2 Å². The molecule has 0 saturated carbocycles. The number of aromatic hydroxyl groups is 3. The summed E-state index contributed by atoms with van der Waals surface area (Å²) in [5, 5.41) is 29.9. The first kappa shape index (κ1) is 23.2. The number of fused-ring (bicyclic) bond motifs is 1. The number of hydrogen-bond donors (Lipinski definition) is 3. The van der Waals surface area contributed by atoms with E-state index in [4.69, 9.17) is 14.2 Å². The number of benzene rings is 4. The maximum atomic E-state index is 10.5. The van der Waals surface area contributed by atoms with E-state index in [-0.39, 0.29) is 23.2 Å². The average Bonchev–Trinajstić information content (AvgIpc) is 3.27. The molecule has 0 spiro atoms. The van der Waals surface area contributed by atoms with Crippen molar-refractivity contribution in [2.45, 2.75) is 12.0 Å². The Hall–Kier alpha value is -4.58. The molecule has 0 bridgehead atoms. The highest BCUT2D eigenvalue weighted by Crippen LogP contribution is 2.53. The van der Waals surface area contributed by atoms with Crippen molar-refractivity contribution in [1.82, 2.24) is 0 Å². The van der Waals surface area contributed by atoms with E-state index in [0.717, 1.165) is 27.8 Å². The predicted octanol–water partition coefficient (Wildman–Crippen LogP) is 6.26. The van der Waals surface area contributed by atoms with Crippen LogP contribution in [0.3, 0.4) is 0 Å². The summed E-state index contributed by atoms with van der Waals surface area (Å²) >= 11 is 0. The van der Waals surface area contributed by atoms with Gasteiger partial charge in [-0.25, -0.2) is 0 Å². The molecule has 6 nitrogen and oxygen atoms in total. The fourth-order valence-corrected chi connectivity index (χ4v) is 4.60. The van der Waals surface area contributed by atoms with Gasteiger partial charge in [-0.1, -0.05) is 36.4 Å². The van der Waals surface area contributed by atoms with E-state index in [1.54, 1.807) is 50.6 Å². The first-order valence-corrected chi connectivity index (χ1v) is 11.5. The molecule has 0 aliphatic carbocycles. The van der Waals surface area contributed by atoms with Crippen LogP contribution in [0.15, 0.2) is 78.9 Å². The molecule has 0 saturated heterocycles. The largest absolute Gasteiger partial charge is 0.508 e. The molecule has 0 aromatic heterocycles. The summed E-state index contributed by atoms with van der Waals surface area (Å²) in [5.74, 6) is 2.09. The van der Waals surface area contributed by atoms with Gasteiger partial charge in [0.25, 0.3) is 0 Å². The maximum Gasteiger partial charge on any atom is 0.135 e. The predicted molar refractivity (Wildman–Crippen MR) is 138 cm³/mol. The number of methoxy groups -OCH3 is 2. The Bertz CT molecular complexity index is 1380. The Balaban J connectivity index is 1.68. The van der Waals surface area contributed by atoms with Gasteiger partial charge in [0.1, 0.15) is 40.6 Å². The molecule has 2 unspecified atom stereocenters. The van der Waals surface area contributed by atoms with Crippen molar-refractivity contribution in [3.05, 3.63) is 107 Å². The molecule has 6 heteroatoms. The van der Waals surface area contributed by atoms with E-state index in [1.165, 1.54) is 0 Å². The van der Waals surface area contributed by atoms with Crippen molar-refractivity contribution in [2.24, 2.45) is 0 Å². The number of ether oxygens (including phenoxy) is 3. The van der Waals surface area contributed by atoms with E-state index in [0.29, 0.717) is 17.2 Å². The third kappa shape index (κ3) is 4.53. The van der Waals surface area contributed by atoms with Crippen LogP contribution in [0, 0.1) is 0 Å². The number of hydrogen-bond acceptors (Lipinski definition) is 6. The molecule has 0 amide bonds. The van der Waals surface area contributed by atoms with E-state index < -0.39 is 6.10 Å². The SMILES string of the molecule is COc1cc(OC)cc(C2c3c(/C=C/c4ccc(O)cc4)cc(O)cc3OC2c2ccc(O)cc2)c1. The second-order valence-corrected chi connectivity index (χ2v) is 8.63. The molecule has 1 aliphatic rings. The van der Waals surface area contributed by atoms with Crippen LogP contribution in [0.1, 0.15) is 39.8 Å². The smallest absolute Gasteiger partial charge is 0.135 e. The van der Waals surface area contributed by atoms with Gasteiger partial charge in [-0.15, -0.1) is 0 Å². The molecule has 0 radical (unpaired) electrons. The van der Waals surface area contributed by atoms with Crippen molar-refractivity contribution in [1.29, 1.82) is 0 Å². The molecule has 182 valence electrons. The Kier molecular flexibility index (Phi) is 6.17. The molecule has 3 N–H and O–H groups in total. The summed E-state index contributed by atoms with van der Waals surface area (Å²) in [7, 11) is 3.22. The summed E-state index contributed by atoms with van der Waals surface area (Å²) in [6.45, 7) is 0. The lowest BCUT2D eigenvalue weighted by molar-refractivity contribution is 0.221. The van der Waals surface area contributed by atoms with Gasteiger partial charge in [-0.05, 0) is 64.7 Å². The Morgan fingerprint density at radius 3 is 1.89 bits per heavy atom. The van der Waals surface area contributed by atoms with Crippen LogP contribution in [0.5, 0.6) is 34.5 Å². The zero-order valence-corrected chi connectivity index (χ0v) is 19.9. The first-order valence-electron chi connectivity index (χ1n) is 11.5. The lowest BCUT2D eigenvalue weighted by Gasteiger charge is -2.22. The zero-order chi connectivity index (χ0) is 25.2. The standard InChI is InChI=1S/C30H26O6/c1-34-25-14-21(15-26(17-25)35-2)29-28-20(6-3-18-4-9-22(31)10-5-18)13-24(33)16-27(28)36-30(29)19-7-11-23(32)12-8-19/h3-17,29-33H,1-2H3/b6-3+. The Labute approximate surface area is 209 Å². The molecular weight excluding hydrogens is 456 g/mol. The van der Waals surface area contributed by atoms with Gasteiger partial charge in [-0.3, -0.25) is 0 Å². The van der Waals surface area contributed by atoms with E-state index in [2.05, 4.69) is 0 Å². The molecule has 0 fully saturated rings. The van der Waals surface area contributed by atoms with Crippen LogP contribution in [-0.4, -0.2) is 29.5 Å². The van der Waals surface area contributed by atoms with E-state index >= 15 is 0 Å². The summed E-state index contributed by atoms with van der Waals surface area (Å²) in [4.78, 5) is 0. The molecule has 36 heavy (non-hydrogen) atoms. The van der Waals surface area contributed by atoms with Gasteiger partial charge < -0.3 is 29.5 Å². The van der Waals surface area contributed by atoms with Gasteiger partial charge >= 0.3 is 0 Å². The van der Waals surface area contributed by atoms with Crippen LogP contribution >= 0.6 is 0 Å². The highest BCUT2D eigenvalue weighted by atomic mass is 16.5. The van der Waals surface area contributed by atoms with E-state index in [9.17, 15) is 15.3 Å². The van der Waals surface area contributed by atoms with Gasteiger partial charge in [-0.2, -0.15) is 0 Å². The highest BCUT2D eigenvalue weighted by molar-refractivity contribution is 5.75. The van der Waals surface area contributed by atoms with Crippen molar-refractivity contribution in [3.8, 4) is 34.5 Å². The van der Waals surface area contributed by atoms with Gasteiger partial charge in [0.15, 0.2) is 0 Å². The van der Waals surface area contributed by atoms with Gasteiger partial charge in [0, 0.05) is 17.7 Å². The van der Waals surface area contributed by atoms with Crippen LogP contribution in [0.25, 0.3) is 12.2 Å². The number of rotatable bonds is 6. The quantitative estimate of drug-likeness (QED) is 0.281. The average molecular weight is 483 g/mol. The summed E-state index contributed by atoms with van der Waals surface area (Å²) < 4.78 is 17.5. The molecule has 4 aromatic carbocycles. The number of phenols is 3. The molecule has 4 aromatic rings. The number of phenolic OH excluding ortho intramolecular Hbond substituents is 3. The van der Waals surface area contributed by atoms with Crippen molar-refractivity contribution in [2.75, 3.05) is 14.2 Å². The second kappa shape index (κ2) is 9.58. The van der Waals surface area contributed by atoms with Gasteiger partial charge in [0.2, 0.25) is 0 Å². The Morgan fingerprint density at radius 2 is 1.28 bits per heavy atom. The summed E-state index contributed by atoms with van der Waals surface area (Å²) in [5.41, 5.74) is 4.41. The zero-order valence-electron chi connectivity index (χ0n) is 19.9. The normalized spacial score (nSPS) is 16.5. The lowest BCUT2D eigenvalue weighted by atomic mass is 9.82. The van der Waals surface area contributed by atoms with Crippen molar-refractivity contribution >= 4 is 12.2 Å². The third-order valence-corrected chi connectivity index (χ3v) is 6.33. The molecule has 1 heterocycles. The minimum atomic E-state index is -0.417. The molecular formula is C30H26O6. The maximum absolute atomic E-state index is 10.5. The lowest BCUT2D eigenvalue weighted by Crippen LogP contribution is -2.12. The minimum Gasteiger partial charge on any atom is -0.508 e. The highest BCUT2D eigenvalue weighted by Gasteiger charge is 2.39. The van der Waals surface area contributed by atoms with Crippen molar-refractivity contribution in [3.63, 3.8) is 0 Å². The van der Waals surface area contributed by atoms with Crippen LogP contribution in [-0.2, 0) is 0 Å². The van der Waals surface area contributed by atoms with E-state index in [1.807, 2.05) is 54.6 Å². The van der Waals surface area contributed by atoms with Crippen LogP contribution in [0.4, 0.5) is 0 Å².